The van der Waals surface area contributed by atoms with Crippen LogP contribution in [0.3, 0.4) is 0 Å². The van der Waals surface area contributed by atoms with Gasteiger partial charge in [-0.25, -0.2) is 4.57 Å². The number of unbranched alkanes of at least 4 members (excludes halogenated alkanes) is 36. The predicted molar refractivity (Wildman–Crippen MR) is 298 cm³/mol. The summed E-state index contributed by atoms with van der Waals surface area (Å²) >= 11 is 0. The van der Waals surface area contributed by atoms with E-state index < -0.39 is 57.8 Å². The smallest absolute Gasteiger partial charge is 0.462 e. The molecule has 0 aliphatic carbocycles. The van der Waals surface area contributed by atoms with E-state index in [1.54, 1.807) is 0 Å². The first-order valence-electron chi connectivity index (χ1n) is 30.2. The van der Waals surface area contributed by atoms with Gasteiger partial charge in [0.1, 0.15) is 12.7 Å². The van der Waals surface area contributed by atoms with Crippen molar-refractivity contribution in [2.24, 2.45) is 0 Å². The number of phosphoric ester groups is 1. The van der Waals surface area contributed by atoms with Crippen LogP contribution < -0.4 is 0 Å². The molecule has 0 aromatic rings. The molecule has 0 rings (SSSR count). The number of rotatable bonds is 57. The summed E-state index contributed by atoms with van der Waals surface area (Å²) in [6.45, 7) is 4.67. The Morgan fingerprint density at radius 1 is 0.375 bits per heavy atom. The van der Waals surface area contributed by atoms with Crippen LogP contribution in [0.5, 0.6) is 0 Å². The van der Waals surface area contributed by atoms with Gasteiger partial charge in [0.2, 0.25) is 0 Å². The molecule has 72 heavy (non-hydrogen) atoms. The Bertz CT molecular complexity index is 1310. The average Bonchev–Trinajstić information content (AvgIpc) is 3.37. The van der Waals surface area contributed by atoms with Crippen LogP contribution in [-0.4, -0.2) is 66.5 Å². The SMILES string of the molecule is CCCCCC/C=C\CCCCCCCC(=O)OC(CO)COP(=O)(O)OCC(COC(=O)CCCCCCCCCCCCCCCCC)OC(=O)CCCCCCCCC/C=C\CCCCCCCC. The summed E-state index contributed by atoms with van der Waals surface area (Å²) in [5, 5.41) is 9.81. The molecule has 3 unspecified atom stereocenters. The fraction of sp³-hybridized carbons (Fsp3) is 0.883. The van der Waals surface area contributed by atoms with Gasteiger partial charge in [-0.2, -0.15) is 0 Å². The summed E-state index contributed by atoms with van der Waals surface area (Å²) in [5.41, 5.74) is 0. The number of hydrogen-bond acceptors (Lipinski definition) is 10. The first kappa shape index (κ1) is 70.0. The molecule has 0 radical (unpaired) electrons. The molecule has 2 N–H and O–H groups in total. The monoisotopic (exact) mass is 1040 g/mol. The molecule has 0 bridgehead atoms. The number of esters is 3. The van der Waals surface area contributed by atoms with Crippen LogP contribution >= 0.6 is 7.82 Å². The highest BCUT2D eigenvalue weighted by atomic mass is 31.2. The van der Waals surface area contributed by atoms with Gasteiger partial charge in [-0.05, 0) is 70.6 Å². The number of ether oxygens (including phenoxy) is 3. The van der Waals surface area contributed by atoms with Crippen molar-refractivity contribution in [1.29, 1.82) is 0 Å². The Kier molecular flexibility index (Phi) is 53.6. The molecule has 11 nitrogen and oxygen atoms in total. The fourth-order valence-electron chi connectivity index (χ4n) is 8.70. The third-order valence-electron chi connectivity index (χ3n) is 13.3. The lowest BCUT2D eigenvalue weighted by atomic mass is 10.0. The molecular weight excluding hydrogens is 928 g/mol. The van der Waals surface area contributed by atoms with Crippen LogP contribution in [0.1, 0.15) is 303 Å². The molecule has 0 aliphatic rings. The van der Waals surface area contributed by atoms with Crippen molar-refractivity contribution < 1.29 is 52.2 Å². The maximum Gasteiger partial charge on any atom is 0.472 e. The molecule has 0 aromatic carbocycles. The highest BCUT2D eigenvalue weighted by molar-refractivity contribution is 7.47. The van der Waals surface area contributed by atoms with E-state index in [0.29, 0.717) is 19.3 Å². The van der Waals surface area contributed by atoms with Crippen LogP contribution in [0.15, 0.2) is 24.3 Å². The second-order valence-corrected chi connectivity index (χ2v) is 22.0. The van der Waals surface area contributed by atoms with Crippen LogP contribution in [0.2, 0.25) is 0 Å². The van der Waals surface area contributed by atoms with Gasteiger partial charge in [-0.1, -0.05) is 238 Å². The Morgan fingerprint density at radius 2 is 0.639 bits per heavy atom. The van der Waals surface area contributed by atoms with Crippen molar-refractivity contribution in [2.75, 3.05) is 26.4 Å². The molecule has 0 fully saturated rings. The largest absolute Gasteiger partial charge is 0.472 e. The van der Waals surface area contributed by atoms with Gasteiger partial charge in [0.25, 0.3) is 0 Å². The molecule has 0 saturated carbocycles. The summed E-state index contributed by atoms with van der Waals surface area (Å²) in [6.07, 6.45) is 55.6. The number of carbonyl (C=O) groups excluding carboxylic acids is 3. The van der Waals surface area contributed by atoms with E-state index >= 15 is 0 Å². The number of hydrogen-bond donors (Lipinski definition) is 2. The van der Waals surface area contributed by atoms with E-state index in [1.807, 2.05) is 0 Å². The molecule has 0 amide bonds. The lowest BCUT2D eigenvalue weighted by Crippen LogP contribution is -2.30. The van der Waals surface area contributed by atoms with Gasteiger partial charge in [0.05, 0.1) is 19.8 Å². The number of phosphoric acid groups is 1. The third kappa shape index (κ3) is 52.8. The molecular formula is C60H113O11P. The Labute approximate surface area is 442 Å². The Morgan fingerprint density at radius 3 is 0.972 bits per heavy atom. The molecule has 0 spiro atoms. The minimum atomic E-state index is -4.74. The minimum absolute atomic E-state index is 0.167. The molecule has 0 saturated heterocycles. The van der Waals surface area contributed by atoms with Crippen molar-refractivity contribution in [3.63, 3.8) is 0 Å². The highest BCUT2D eigenvalue weighted by Crippen LogP contribution is 2.43. The van der Waals surface area contributed by atoms with Gasteiger partial charge in [-0.3, -0.25) is 23.4 Å². The topological polar surface area (TPSA) is 155 Å². The lowest BCUT2D eigenvalue weighted by molar-refractivity contribution is -0.161. The van der Waals surface area contributed by atoms with E-state index in [0.717, 1.165) is 83.5 Å². The normalized spacial score (nSPS) is 13.5. The Hall–Kier alpha value is -2.04. The van der Waals surface area contributed by atoms with Gasteiger partial charge in [0, 0.05) is 19.3 Å². The van der Waals surface area contributed by atoms with E-state index in [1.165, 1.54) is 161 Å². The van der Waals surface area contributed by atoms with Crippen molar-refractivity contribution >= 4 is 25.7 Å². The van der Waals surface area contributed by atoms with E-state index in [9.17, 15) is 28.9 Å². The van der Waals surface area contributed by atoms with Crippen molar-refractivity contribution in [1.82, 2.24) is 0 Å². The van der Waals surface area contributed by atoms with Gasteiger partial charge in [-0.15, -0.1) is 0 Å². The standard InChI is InChI=1S/C60H113O11P/c1-4-7-10-13-16-19-22-25-27-28-30-33-36-39-42-45-48-51-60(64)71-57(53-67-58(62)49-46-43-40-37-34-32-29-26-23-20-17-14-11-8-5-2)55-69-72(65,66)68-54-56(52-61)70-59(63)50-47-44-41-38-35-31-24-21-18-15-12-9-6-3/h21,24-25,27,56-57,61H,4-20,22-23,26,28-55H2,1-3H3,(H,65,66)/b24-21-,27-25-. The Balaban J connectivity index is 4.69. The van der Waals surface area contributed by atoms with Crippen molar-refractivity contribution in [3.05, 3.63) is 24.3 Å². The van der Waals surface area contributed by atoms with Gasteiger partial charge >= 0.3 is 25.7 Å². The predicted octanol–water partition coefficient (Wildman–Crippen LogP) is 17.8. The van der Waals surface area contributed by atoms with Gasteiger partial charge in [0.15, 0.2) is 6.10 Å². The summed E-state index contributed by atoms with van der Waals surface area (Å²) in [4.78, 5) is 48.6. The second kappa shape index (κ2) is 55.2. The molecule has 0 aromatic heterocycles. The van der Waals surface area contributed by atoms with E-state index in [-0.39, 0.29) is 25.9 Å². The number of allylic oxidation sites excluding steroid dienone is 4. The number of carbonyl (C=O) groups is 3. The zero-order chi connectivity index (χ0) is 52.7. The van der Waals surface area contributed by atoms with Crippen molar-refractivity contribution in [3.8, 4) is 0 Å². The van der Waals surface area contributed by atoms with Crippen LogP contribution in [0.25, 0.3) is 0 Å². The second-order valence-electron chi connectivity index (χ2n) is 20.5. The number of aliphatic hydroxyl groups is 1. The highest BCUT2D eigenvalue weighted by Gasteiger charge is 2.28. The van der Waals surface area contributed by atoms with Gasteiger partial charge < -0.3 is 24.2 Å². The maximum absolute atomic E-state index is 12.9. The first-order valence-corrected chi connectivity index (χ1v) is 31.7. The maximum atomic E-state index is 12.9. The number of aliphatic hydroxyl groups excluding tert-OH is 1. The fourth-order valence-corrected chi connectivity index (χ4v) is 9.48. The zero-order valence-corrected chi connectivity index (χ0v) is 47.8. The van der Waals surface area contributed by atoms with Crippen LogP contribution in [0, 0.1) is 0 Å². The molecule has 12 heteroatoms. The molecule has 424 valence electrons. The van der Waals surface area contributed by atoms with E-state index in [2.05, 4.69) is 45.1 Å². The molecule has 0 heterocycles. The molecule has 3 atom stereocenters. The van der Waals surface area contributed by atoms with Crippen LogP contribution in [0.4, 0.5) is 0 Å². The summed E-state index contributed by atoms with van der Waals surface area (Å²) in [6, 6.07) is 0. The lowest BCUT2D eigenvalue weighted by Gasteiger charge is -2.21. The molecule has 0 aliphatic heterocycles. The minimum Gasteiger partial charge on any atom is -0.462 e. The summed E-state index contributed by atoms with van der Waals surface area (Å²) < 4.78 is 39.6. The van der Waals surface area contributed by atoms with Crippen molar-refractivity contribution in [2.45, 2.75) is 315 Å². The van der Waals surface area contributed by atoms with E-state index in [4.69, 9.17) is 23.3 Å². The third-order valence-corrected chi connectivity index (χ3v) is 14.3. The average molecular weight is 1040 g/mol. The summed E-state index contributed by atoms with van der Waals surface area (Å²) in [5.74, 6) is -1.45. The quantitative estimate of drug-likeness (QED) is 0.0197. The first-order chi connectivity index (χ1) is 35.2. The zero-order valence-electron chi connectivity index (χ0n) is 46.9. The summed E-state index contributed by atoms with van der Waals surface area (Å²) in [7, 11) is -4.74. The van der Waals surface area contributed by atoms with Crippen LogP contribution in [-0.2, 0) is 42.2 Å².